The van der Waals surface area contributed by atoms with Gasteiger partial charge in [-0.05, 0) is 26.8 Å². The monoisotopic (exact) mass is 355 g/mol. The van der Waals surface area contributed by atoms with Crippen molar-refractivity contribution in [1.82, 2.24) is 9.55 Å². The van der Waals surface area contributed by atoms with E-state index < -0.39 is 22.7 Å². The molecule has 2 aromatic rings. The Hall–Kier alpha value is -2.31. The van der Waals surface area contributed by atoms with Crippen molar-refractivity contribution >= 4 is 21.5 Å². The Morgan fingerprint density at radius 2 is 2.04 bits per heavy atom. The van der Waals surface area contributed by atoms with E-state index in [1.807, 2.05) is 25.7 Å². The van der Waals surface area contributed by atoms with Gasteiger partial charge in [-0.2, -0.15) is 4.98 Å². The van der Waals surface area contributed by atoms with Crippen molar-refractivity contribution in [3.05, 3.63) is 51.9 Å². The highest BCUT2D eigenvalue weighted by Gasteiger charge is 2.32. The molecule has 1 aliphatic heterocycles. The fraction of sp³-hybridized carbons (Fsp3) is 0.412. The van der Waals surface area contributed by atoms with Crippen molar-refractivity contribution in [2.45, 2.75) is 44.8 Å². The molecule has 0 saturated heterocycles. The van der Waals surface area contributed by atoms with Crippen LogP contribution in [0.4, 0.5) is 14.6 Å². The standard InChI is InChI=1S/C17H17B2F2N3O2/c1-9(2)24-10(3)8-23-14(24)7-13(22-16(23)25)26-17(18,19)11-5-4-6-12(20)15(11)21/h4-7,9-10H,8H2,1-3H3/t10-/m0/s1. The zero-order valence-corrected chi connectivity index (χ0v) is 14.7. The maximum atomic E-state index is 14.0. The van der Waals surface area contributed by atoms with Gasteiger partial charge in [0.2, 0.25) is 5.88 Å². The van der Waals surface area contributed by atoms with Crippen LogP contribution in [0.5, 0.6) is 5.88 Å². The highest BCUT2D eigenvalue weighted by molar-refractivity contribution is 6.39. The molecule has 0 spiro atoms. The Kier molecular flexibility index (Phi) is 4.58. The van der Waals surface area contributed by atoms with Crippen LogP contribution in [-0.2, 0) is 11.9 Å². The number of benzene rings is 1. The van der Waals surface area contributed by atoms with Gasteiger partial charge in [-0.25, -0.2) is 13.6 Å². The summed E-state index contributed by atoms with van der Waals surface area (Å²) < 4.78 is 34.4. The van der Waals surface area contributed by atoms with Gasteiger partial charge in [0.1, 0.15) is 21.5 Å². The molecular weight excluding hydrogens is 338 g/mol. The lowest BCUT2D eigenvalue weighted by Gasteiger charge is -2.30. The quantitative estimate of drug-likeness (QED) is 0.783. The van der Waals surface area contributed by atoms with Gasteiger partial charge in [-0.1, -0.05) is 12.1 Å². The van der Waals surface area contributed by atoms with E-state index in [1.54, 1.807) is 0 Å². The molecule has 9 heteroatoms. The summed E-state index contributed by atoms with van der Waals surface area (Å²) in [6.45, 7) is 6.48. The lowest BCUT2D eigenvalue weighted by Crippen LogP contribution is -2.37. The van der Waals surface area contributed by atoms with Crippen LogP contribution in [0.1, 0.15) is 26.3 Å². The van der Waals surface area contributed by atoms with Crippen LogP contribution < -0.4 is 15.3 Å². The zero-order chi connectivity index (χ0) is 19.2. The molecular formula is C17H17B2F2N3O2. The second kappa shape index (κ2) is 6.45. The molecule has 1 atom stereocenters. The van der Waals surface area contributed by atoms with Crippen LogP contribution >= 0.6 is 0 Å². The van der Waals surface area contributed by atoms with Crippen molar-refractivity contribution in [2.24, 2.45) is 0 Å². The smallest absolute Gasteiger partial charge is 0.352 e. The number of fused-ring (bicyclic) bond motifs is 1. The normalized spacial score (nSPS) is 16.8. The van der Waals surface area contributed by atoms with Crippen LogP contribution in [0.25, 0.3) is 0 Å². The summed E-state index contributed by atoms with van der Waals surface area (Å²) in [5.41, 5.74) is -0.906. The van der Waals surface area contributed by atoms with Gasteiger partial charge >= 0.3 is 5.69 Å². The first-order valence-corrected chi connectivity index (χ1v) is 8.23. The second-order valence-electron chi connectivity index (χ2n) is 6.69. The SMILES string of the molecule is [B]C([B])(Oc1cc2n(c(=O)n1)C[C@H](C)N2C(C)C)c1cccc(F)c1F. The molecule has 5 nitrogen and oxygen atoms in total. The van der Waals surface area contributed by atoms with Gasteiger partial charge in [0, 0.05) is 30.3 Å². The van der Waals surface area contributed by atoms with Gasteiger partial charge < -0.3 is 9.64 Å². The van der Waals surface area contributed by atoms with Crippen molar-refractivity contribution in [3.8, 4) is 5.88 Å². The van der Waals surface area contributed by atoms with Gasteiger partial charge in [0.25, 0.3) is 0 Å². The number of anilines is 1. The highest BCUT2D eigenvalue weighted by atomic mass is 19.2. The molecule has 1 aromatic heterocycles. The van der Waals surface area contributed by atoms with E-state index >= 15 is 0 Å². The molecule has 1 aromatic carbocycles. The topological polar surface area (TPSA) is 47.4 Å². The first kappa shape index (κ1) is 18.5. The predicted octanol–water partition coefficient (Wildman–Crippen LogP) is 1.66. The minimum Gasteiger partial charge on any atom is -0.487 e. The summed E-state index contributed by atoms with van der Waals surface area (Å²) >= 11 is 0. The van der Waals surface area contributed by atoms with E-state index in [4.69, 9.17) is 20.4 Å². The number of aromatic nitrogens is 2. The fourth-order valence-electron chi connectivity index (χ4n) is 3.30. The van der Waals surface area contributed by atoms with Gasteiger partial charge in [-0.3, -0.25) is 4.57 Å². The lowest BCUT2D eigenvalue weighted by atomic mass is 9.61. The molecule has 0 amide bonds. The molecule has 3 rings (SSSR count). The van der Waals surface area contributed by atoms with Gasteiger partial charge in [-0.15, -0.1) is 0 Å². The number of hydrogen-bond acceptors (Lipinski definition) is 4. The highest BCUT2D eigenvalue weighted by Crippen LogP contribution is 2.31. The third-order valence-electron chi connectivity index (χ3n) is 4.35. The number of halogens is 2. The maximum Gasteiger partial charge on any atom is 0.352 e. The van der Waals surface area contributed by atoms with Gasteiger partial charge in [0.15, 0.2) is 11.6 Å². The minimum atomic E-state index is -2.20. The van der Waals surface area contributed by atoms with E-state index in [9.17, 15) is 13.6 Å². The van der Waals surface area contributed by atoms with Gasteiger partial charge in [0.05, 0.1) is 5.40 Å². The third kappa shape index (κ3) is 3.10. The molecule has 0 unspecified atom stereocenters. The predicted molar refractivity (Wildman–Crippen MR) is 95.7 cm³/mol. The molecule has 0 aliphatic carbocycles. The number of hydrogen-bond donors (Lipinski definition) is 0. The first-order valence-electron chi connectivity index (χ1n) is 8.23. The molecule has 0 fully saturated rings. The molecule has 2 heterocycles. The summed E-state index contributed by atoms with van der Waals surface area (Å²) in [7, 11) is 11.7. The average molecular weight is 355 g/mol. The molecule has 0 N–H and O–H groups in total. The van der Waals surface area contributed by atoms with Crippen molar-refractivity contribution in [2.75, 3.05) is 4.90 Å². The van der Waals surface area contributed by atoms with Crippen molar-refractivity contribution in [1.29, 1.82) is 0 Å². The fourth-order valence-corrected chi connectivity index (χ4v) is 3.30. The van der Waals surface area contributed by atoms with Crippen molar-refractivity contribution < 1.29 is 13.5 Å². The largest absolute Gasteiger partial charge is 0.487 e. The number of ether oxygens (including phenoxy) is 1. The van der Waals surface area contributed by atoms with Crippen LogP contribution in [0.3, 0.4) is 0 Å². The molecule has 1 aliphatic rings. The van der Waals surface area contributed by atoms with Crippen molar-refractivity contribution in [3.63, 3.8) is 0 Å². The first-order chi connectivity index (χ1) is 12.1. The van der Waals surface area contributed by atoms with E-state index in [-0.39, 0.29) is 23.5 Å². The Balaban J connectivity index is 2.00. The summed E-state index contributed by atoms with van der Waals surface area (Å²) in [5, 5.41) is -2.20. The summed E-state index contributed by atoms with van der Waals surface area (Å²) in [5.74, 6) is -1.87. The average Bonchev–Trinajstić information content (AvgIpc) is 2.86. The van der Waals surface area contributed by atoms with Crippen LogP contribution in [0.2, 0.25) is 0 Å². The maximum absolute atomic E-state index is 14.0. The molecule has 132 valence electrons. The molecule has 4 radical (unpaired) electrons. The molecule has 0 saturated carbocycles. The Morgan fingerprint density at radius 3 is 2.69 bits per heavy atom. The summed E-state index contributed by atoms with van der Waals surface area (Å²) in [6.07, 6.45) is 0. The van der Waals surface area contributed by atoms with E-state index in [2.05, 4.69) is 4.98 Å². The Bertz CT molecular complexity index is 902. The van der Waals surface area contributed by atoms with E-state index in [0.29, 0.717) is 12.4 Å². The van der Waals surface area contributed by atoms with Crippen LogP contribution in [-0.4, -0.2) is 37.3 Å². The van der Waals surface area contributed by atoms with Crippen LogP contribution in [0, 0.1) is 11.6 Å². The molecule has 26 heavy (non-hydrogen) atoms. The molecule has 0 bridgehead atoms. The number of rotatable bonds is 4. The Morgan fingerprint density at radius 1 is 1.35 bits per heavy atom. The van der Waals surface area contributed by atoms with E-state index in [1.165, 1.54) is 22.8 Å². The summed E-state index contributed by atoms with van der Waals surface area (Å²) in [6, 6.07) is 5.17. The minimum absolute atomic E-state index is 0.0981. The van der Waals surface area contributed by atoms with E-state index in [0.717, 1.165) is 6.07 Å². The lowest BCUT2D eigenvalue weighted by molar-refractivity contribution is 0.225. The second-order valence-corrected chi connectivity index (χ2v) is 6.69. The zero-order valence-electron chi connectivity index (χ0n) is 14.7. The number of nitrogens with zero attached hydrogens (tertiary/aromatic N) is 3. The Labute approximate surface area is 152 Å². The third-order valence-corrected chi connectivity index (χ3v) is 4.35. The summed E-state index contributed by atoms with van der Waals surface area (Å²) in [4.78, 5) is 18.2. The van der Waals surface area contributed by atoms with Crippen LogP contribution in [0.15, 0.2) is 29.1 Å².